The second kappa shape index (κ2) is 6.04. The van der Waals surface area contributed by atoms with Crippen molar-refractivity contribution >= 4 is 21.4 Å². The minimum Gasteiger partial charge on any atom is -0.307 e. The molecule has 5 heteroatoms. The van der Waals surface area contributed by atoms with Gasteiger partial charge in [-0.25, -0.2) is 8.42 Å². The lowest BCUT2D eigenvalue weighted by molar-refractivity contribution is 0.252. The molecule has 0 saturated heterocycles. The highest BCUT2D eigenvalue weighted by Crippen LogP contribution is 2.30. The van der Waals surface area contributed by atoms with Crippen molar-refractivity contribution in [1.29, 1.82) is 0 Å². The van der Waals surface area contributed by atoms with Crippen LogP contribution in [0.25, 0.3) is 0 Å². The third-order valence-electron chi connectivity index (χ3n) is 4.12. The Morgan fingerprint density at radius 1 is 1.25 bits per heavy atom. The van der Waals surface area contributed by atoms with Crippen LogP contribution in [0.2, 0.25) is 5.02 Å². The lowest BCUT2D eigenvalue weighted by Crippen LogP contribution is -2.43. The summed E-state index contributed by atoms with van der Waals surface area (Å²) in [7, 11) is -3.25. The molecule has 1 aromatic rings. The normalized spacial score (nSPS) is 18.9. The van der Waals surface area contributed by atoms with Gasteiger partial charge >= 0.3 is 0 Å². The highest BCUT2D eigenvalue weighted by atomic mass is 35.5. The first kappa shape index (κ1) is 15.8. The summed E-state index contributed by atoms with van der Waals surface area (Å²) in [5, 5.41) is 4.03. The molecule has 0 spiro atoms. The van der Waals surface area contributed by atoms with E-state index in [0.29, 0.717) is 22.0 Å². The van der Waals surface area contributed by atoms with Crippen LogP contribution in [0.5, 0.6) is 0 Å². The number of rotatable bonds is 4. The highest BCUT2D eigenvalue weighted by molar-refractivity contribution is 7.90. The summed E-state index contributed by atoms with van der Waals surface area (Å²) in [5.74, 6) is 0. The van der Waals surface area contributed by atoms with Gasteiger partial charge < -0.3 is 5.32 Å². The van der Waals surface area contributed by atoms with Crippen molar-refractivity contribution < 1.29 is 8.42 Å². The van der Waals surface area contributed by atoms with Crippen LogP contribution < -0.4 is 5.32 Å². The summed E-state index contributed by atoms with van der Waals surface area (Å²) in [6.45, 7) is 2.71. The van der Waals surface area contributed by atoms with Crippen molar-refractivity contribution in [3.63, 3.8) is 0 Å². The first-order chi connectivity index (χ1) is 9.32. The second-order valence-electron chi connectivity index (χ2n) is 5.96. The summed E-state index contributed by atoms with van der Waals surface area (Å²) in [5.41, 5.74) is 0.773. The molecule has 0 amide bonds. The van der Waals surface area contributed by atoms with Crippen LogP contribution >= 0.6 is 11.6 Å². The zero-order valence-electron chi connectivity index (χ0n) is 12.1. The molecule has 1 aliphatic rings. The van der Waals surface area contributed by atoms with Crippen LogP contribution in [0.4, 0.5) is 0 Å². The van der Waals surface area contributed by atoms with Gasteiger partial charge in [-0.2, -0.15) is 0 Å². The molecule has 20 heavy (non-hydrogen) atoms. The molecule has 0 radical (unpaired) electrons. The fourth-order valence-corrected chi connectivity index (χ4v) is 4.12. The van der Waals surface area contributed by atoms with Gasteiger partial charge in [0.05, 0.1) is 4.90 Å². The lowest BCUT2D eigenvalue weighted by atomic mass is 9.83. The van der Waals surface area contributed by atoms with Gasteiger partial charge in [0.1, 0.15) is 0 Å². The summed E-state index contributed by atoms with van der Waals surface area (Å²) >= 11 is 6.19. The summed E-state index contributed by atoms with van der Waals surface area (Å²) in [6, 6.07) is 5.06. The van der Waals surface area contributed by atoms with Gasteiger partial charge in [0, 0.05) is 28.9 Å². The summed E-state index contributed by atoms with van der Waals surface area (Å²) in [4.78, 5) is 0.330. The Kier molecular flexibility index (Phi) is 4.77. The number of hydrogen-bond donors (Lipinski definition) is 1. The Morgan fingerprint density at radius 2 is 1.90 bits per heavy atom. The van der Waals surface area contributed by atoms with Crippen molar-refractivity contribution in [3.8, 4) is 0 Å². The van der Waals surface area contributed by atoms with E-state index in [9.17, 15) is 8.42 Å². The van der Waals surface area contributed by atoms with Crippen LogP contribution in [0.3, 0.4) is 0 Å². The Bertz CT molecular complexity index is 578. The van der Waals surface area contributed by atoms with Gasteiger partial charge in [0.25, 0.3) is 0 Å². The van der Waals surface area contributed by atoms with E-state index in [2.05, 4.69) is 12.2 Å². The smallest absolute Gasteiger partial charge is 0.175 e. The van der Waals surface area contributed by atoms with Gasteiger partial charge in [-0.3, -0.25) is 0 Å². The third-order valence-corrected chi connectivity index (χ3v) is 5.66. The number of halogens is 1. The van der Waals surface area contributed by atoms with Crippen LogP contribution in [0, 0.1) is 0 Å². The number of sulfone groups is 1. The van der Waals surface area contributed by atoms with E-state index in [4.69, 9.17) is 11.6 Å². The Morgan fingerprint density at radius 3 is 2.50 bits per heavy atom. The molecule has 3 nitrogen and oxygen atoms in total. The standard InChI is InChI=1S/C15H22ClNO2S/c1-15(9-4-3-5-10-15)17-11-12-13(16)7-6-8-14(12)20(2,18)19/h6-8,17H,3-5,9-11H2,1-2H3. The third kappa shape index (κ3) is 3.74. The summed E-state index contributed by atoms with van der Waals surface area (Å²) in [6.07, 6.45) is 7.23. The predicted octanol–water partition coefficient (Wildman–Crippen LogP) is 3.56. The van der Waals surface area contributed by atoms with E-state index in [1.807, 2.05) is 0 Å². The van der Waals surface area contributed by atoms with Gasteiger partial charge in [0.15, 0.2) is 9.84 Å². The molecule has 1 aliphatic carbocycles. The predicted molar refractivity (Wildman–Crippen MR) is 82.9 cm³/mol. The largest absolute Gasteiger partial charge is 0.307 e. The minimum absolute atomic E-state index is 0.0895. The number of nitrogens with one attached hydrogen (secondary N) is 1. The number of benzene rings is 1. The van der Waals surface area contributed by atoms with E-state index < -0.39 is 9.84 Å². The molecule has 1 fully saturated rings. The van der Waals surface area contributed by atoms with Gasteiger partial charge in [-0.15, -0.1) is 0 Å². The van der Waals surface area contributed by atoms with Gasteiger partial charge in [0.2, 0.25) is 0 Å². The van der Waals surface area contributed by atoms with Crippen molar-refractivity contribution in [2.75, 3.05) is 6.26 Å². The van der Waals surface area contributed by atoms with E-state index in [-0.39, 0.29) is 5.54 Å². The average Bonchev–Trinajstić information content (AvgIpc) is 2.37. The maximum Gasteiger partial charge on any atom is 0.175 e. The monoisotopic (exact) mass is 315 g/mol. The fraction of sp³-hybridized carbons (Fsp3) is 0.600. The van der Waals surface area contributed by atoms with Gasteiger partial charge in [-0.1, -0.05) is 36.9 Å². The molecular weight excluding hydrogens is 294 g/mol. The maximum absolute atomic E-state index is 11.9. The zero-order chi connectivity index (χ0) is 14.8. The van der Waals surface area contributed by atoms with E-state index >= 15 is 0 Å². The van der Waals surface area contributed by atoms with Crippen LogP contribution in [-0.4, -0.2) is 20.2 Å². The minimum atomic E-state index is -3.25. The first-order valence-corrected chi connectivity index (χ1v) is 9.31. The fourth-order valence-electron chi connectivity index (χ4n) is 2.87. The molecule has 0 aromatic heterocycles. The Hall–Kier alpha value is -0.580. The topological polar surface area (TPSA) is 46.2 Å². The lowest BCUT2D eigenvalue weighted by Gasteiger charge is -2.35. The molecule has 2 rings (SSSR count). The second-order valence-corrected chi connectivity index (χ2v) is 8.35. The first-order valence-electron chi connectivity index (χ1n) is 7.04. The molecule has 0 atom stereocenters. The molecule has 0 bridgehead atoms. The Labute approximate surface area is 126 Å². The molecular formula is C15H22ClNO2S. The molecule has 112 valence electrons. The molecule has 0 heterocycles. The van der Waals surface area contributed by atoms with Crippen LogP contribution in [-0.2, 0) is 16.4 Å². The van der Waals surface area contributed by atoms with Gasteiger partial charge in [-0.05, 0) is 31.9 Å². The quantitative estimate of drug-likeness (QED) is 0.924. The van der Waals surface area contributed by atoms with E-state index in [0.717, 1.165) is 12.8 Å². The Balaban J connectivity index is 2.21. The van der Waals surface area contributed by atoms with Crippen molar-refractivity contribution in [2.45, 2.75) is 56.0 Å². The molecule has 1 saturated carbocycles. The summed E-state index contributed by atoms with van der Waals surface area (Å²) < 4.78 is 23.7. The van der Waals surface area contributed by atoms with E-state index in [1.54, 1.807) is 18.2 Å². The van der Waals surface area contributed by atoms with Crippen molar-refractivity contribution in [2.24, 2.45) is 0 Å². The molecule has 1 N–H and O–H groups in total. The molecule has 0 unspecified atom stereocenters. The molecule has 1 aromatic carbocycles. The number of hydrogen-bond acceptors (Lipinski definition) is 3. The van der Waals surface area contributed by atoms with Crippen LogP contribution in [0.1, 0.15) is 44.6 Å². The van der Waals surface area contributed by atoms with E-state index in [1.165, 1.54) is 25.5 Å². The average molecular weight is 316 g/mol. The van der Waals surface area contributed by atoms with Crippen molar-refractivity contribution in [1.82, 2.24) is 5.32 Å². The SMILES string of the molecule is CC1(NCc2c(Cl)cccc2S(C)(=O)=O)CCCCC1. The van der Waals surface area contributed by atoms with Crippen LogP contribution in [0.15, 0.2) is 23.1 Å². The van der Waals surface area contributed by atoms with Crippen molar-refractivity contribution in [3.05, 3.63) is 28.8 Å². The zero-order valence-corrected chi connectivity index (χ0v) is 13.6. The highest BCUT2D eigenvalue weighted by Gasteiger charge is 2.27. The molecule has 0 aliphatic heterocycles. The maximum atomic E-state index is 11.9.